The molecule has 0 radical (unpaired) electrons. The molecule has 1 heterocycles. The number of aromatic nitrogens is 1. The lowest BCUT2D eigenvalue weighted by Crippen LogP contribution is -2.19. The first-order valence-corrected chi connectivity index (χ1v) is 7.03. The van der Waals surface area contributed by atoms with Gasteiger partial charge in [-0.1, -0.05) is 30.3 Å². The van der Waals surface area contributed by atoms with Crippen molar-refractivity contribution < 1.29 is 0 Å². The van der Waals surface area contributed by atoms with Gasteiger partial charge in [0.05, 0.1) is 0 Å². The van der Waals surface area contributed by atoms with E-state index in [0.29, 0.717) is 6.04 Å². The second-order valence-corrected chi connectivity index (χ2v) is 4.90. The zero-order chi connectivity index (χ0) is 13.3. The smallest absolute Gasteiger partial charge is 0.0292 e. The van der Waals surface area contributed by atoms with E-state index >= 15 is 0 Å². The fraction of sp³-hybridized carbons (Fsp3) is 0.353. The highest BCUT2D eigenvalue weighted by Crippen LogP contribution is 2.10. The zero-order valence-electron chi connectivity index (χ0n) is 11.5. The summed E-state index contributed by atoms with van der Waals surface area (Å²) in [5.74, 6) is 0. The third kappa shape index (κ3) is 4.84. The second kappa shape index (κ2) is 7.70. The van der Waals surface area contributed by atoms with E-state index in [0.717, 1.165) is 6.54 Å². The number of unbranched alkanes of at least 4 members (excludes halogenated alkanes) is 1. The number of aryl methyl sites for hydroxylation is 1. The van der Waals surface area contributed by atoms with E-state index in [1.165, 1.54) is 30.4 Å². The standard InChI is InChI=1S/C17H22N2/c1-15(17-10-13-18-14-11-17)19-12-6-5-9-16-7-3-2-4-8-16/h2-4,7-8,10-11,13-15,19H,5-6,9,12H2,1H3/t15-/m1/s1. The molecule has 19 heavy (non-hydrogen) atoms. The predicted octanol–water partition coefficient (Wildman–Crippen LogP) is 3.76. The SMILES string of the molecule is C[C@@H](NCCCCc1ccccc1)c1ccncc1. The maximum atomic E-state index is 4.04. The van der Waals surface area contributed by atoms with Gasteiger partial charge in [0.25, 0.3) is 0 Å². The first-order chi connectivity index (χ1) is 9.36. The lowest BCUT2D eigenvalue weighted by molar-refractivity contribution is 0.546. The fourth-order valence-electron chi connectivity index (χ4n) is 2.19. The highest BCUT2D eigenvalue weighted by molar-refractivity contribution is 5.15. The molecule has 1 N–H and O–H groups in total. The van der Waals surface area contributed by atoms with Gasteiger partial charge in [-0.15, -0.1) is 0 Å². The van der Waals surface area contributed by atoms with Crippen LogP contribution in [0.5, 0.6) is 0 Å². The van der Waals surface area contributed by atoms with E-state index in [1.807, 2.05) is 12.4 Å². The maximum Gasteiger partial charge on any atom is 0.0292 e. The number of benzene rings is 1. The summed E-state index contributed by atoms with van der Waals surface area (Å²) in [7, 11) is 0. The largest absolute Gasteiger partial charge is 0.310 e. The lowest BCUT2D eigenvalue weighted by atomic mass is 10.1. The van der Waals surface area contributed by atoms with Crippen molar-refractivity contribution in [3.05, 3.63) is 66.0 Å². The highest BCUT2D eigenvalue weighted by atomic mass is 14.9. The molecule has 1 aromatic heterocycles. The third-order valence-electron chi connectivity index (χ3n) is 3.39. The van der Waals surface area contributed by atoms with Crippen molar-refractivity contribution in [1.29, 1.82) is 0 Å². The van der Waals surface area contributed by atoms with E-state index in [2.05, 4.69) is 59.7 Å². The molecule has 2 nitrogen and oxygen atoms in total. The molecule has 0 fully saturated rings. The van der Waals surface area contributed by atoms with Crippen LogP contribution in [0, 0.1) is 0 Å². The van der Waals surface area contributed by atoms with Crippen LogP contribution < -0.4 is 5.32 Å². The number of rotatable bonds is 7. The molecule has 2 heteroatoms. The number of nitrogens with one attached hydrogen (secondary N) is 1. The van der Waals surface area contributed by atoms with Crippen molar-refractivity contribution in [2.75, 3.05) is 6.54 Å². The molecule has 0 saturated carbocycles. The zero-order valence-corrected chi connectivity index (χ0v) is 11.5. The van der Waals surface area contributed by atoms with Crippen molar-refractivity contribution >= 4 is 0 Å². The Morgan fingerprint density at radius 1 is 1.00 bits per heavy atom. The topological polar surface area (TPSA) is 24.9 Å². The van der Waals surface area contributed by atoms with Crippen LogP contribution in [0.3, 0.4) is 0 Å². The Kier molecular flexibility index (Phi) is 5.57. The molecular formula is C17H22N2. The van der Waals surface area contributed by atoms with Gasteiger partial charge in [0.1, 0.15) is 0 Å². The minimum absolute atomic E-state index is 0.403. The van der Waals surface area contributed by atoms with Gasteiger partial charge in [-0.05, 0) is 56.0 Å². The first-order valence-electron chi connectivity index (χ1n) is 7.03. The summed E-state index contributed by atoms with van der Waals surface area (Å²) < 4.78 is 0. The van der Waals surface area contributed by atoms with Crippen molar-refractivity contribution in [2.24, 2.45) is 0 Å². The summed E-state index contributed by atoms with van der Waals surface area (Å²) in [4.78, 5) is 4.04. The molecule has 100 valence electrons. The summed E-state index contributed by atoms with van der Waals surface area (Å²) in [6, 6.07) is 15.2. The van der Waals surface area contributed by atoms with Gasteiger partial charge in [-0.25, -0.2) is 0 Å². The lowest BCUT2D eigenvalue weighted by Gasteiger charge is -2.13. The molecule has 2 aromatic rings. The van der Waals surface area contributed by atoms with Crippen LogP contribution in [0.1, 0.15) is 36.9 Å². The van der Waals surface area contributed by atoms with Gasteiger partial charge in [-0.2, -0.15) is 0 Å². The maximum absolute atomic E-state index is 4.04. The Hall–Kier alpha value is -1.67. The molecular weight excluding hydrogens is 232 g/mol. The summed E-state index contributed by atoms with van der Waals surface area (Å²) in [6.45, 7) is 3.27. The van der Waals surface area contributed by atoms with Gasteiger partial charge in [-0.3, -0.25) is 4.98 Å². The Morgan fingerprint density at radius 2 is 1.74 bits per heavy atom. The molecule has 1 aromatic carbocycles. The van der Waals surface area contributed by atoms with Crippen molar-refractivity contribution in [3.8, 4) is 0 Å². The summed E-state index contributed by atoms with van der Waals surface area (Å²) in [5.41, 5.74) is 2.74. The monoisotopic (exact) mass is 254 g/mol. The molecule has 0 aliphatic carbocycles. The molecule has 0 spiro atoms. The molecule has 0 aliphatic heterocycles. The Balaban J connectivity index is 1.62. The predicted molar refractivity (Wildman–Crippen MR) is 80.0 cm³/mol. The van der Waals surface area contributed by atoms with Gasteiger partial charge in [0.2, 0.25) is 0 Å². The molecule has 2 rings (SSSR count). The molecule has 0 bridgehead atoms. The van der Waals surface area contributed by atoms with Crippen LogP contribution in [0.2, 0.25) is 0 Å². The fourth-order valence-corrected chi connectivity index (χ4v) is 2.19. The Morgan fingerprint density at radius 3 is 2.47 bits per heavy atom. The van der Waals surface area contributed by atoms with Gasteiger partial charge in [0.15, 0.2) is 0 Å². The van der Waals surface area contributed by atoms with Crippen LogP contribution in [-0.2, 0) is 6.42 Å². The summed E-state index contributed by atoms with van der Waals surface area (Å²) >= 11 is 0. The van der Waals surface area contributed by atoms with Crippen molar-refractivity contribution in [2.45, 2.75) is 32.2 Å². The van der Waals surface area contributed by atoms with Gasteiger partial charge in [0, 0.05) is 18.4 Å². The van der Waals surface area contributed by atoms with Crippen LogP contribution >= 0.6 is 0 Å². The normalized spacial score (nSPS) is 12.3. The second-order valence-electron chi connectivity index (χ2n) is 4.90. The molecule has 1 atom stereocenters. The molecule has 0 saturated heterocycles. The average molecular weight is 254 g/mol. The Labute approximate surface area is 115 Å². The van der Waals surface area contributed by atoms with Crippen LogP contribution in [0.4, 0.5) is 0 Å². The number of nitrogens with zero attached hydrogens (tertiary/aromatic N) is 1. The van der Waals surface area contributed by atoms with E-state index in [-0.39, 0.29) is 0 Å². The van der Waals surface area contributed by atoms with E-state index in [9.17, 15) is 0 Å². The van der Waals surface area contributed by atoms with Gasteiger partial charge < -0.3 is 5.32 Å². The minimum atomic E-state index is 0.403. The number of hydrogen-bond donors (Lipinski definition) is 1. The molecule has 0 unspecified atom stereocenters. The third-order valence-corrected chi connectivity index (χ3v) is 3.39. The molecule has 0 amide bonds. The van der Waals surface area contributed by atoms with Crippen molar-refractivity contribution in [1.82, 2.24) is 10.3 Å². The van der Waals surface area contributed by atoms with E-state index < -0.39 is 0 Å². The number of pyridine rings is 1. The van der Waals surface area contributed by atoms with Crippen molar-refractivity contribution in [3.63, 3.8) is 0 Å². The van der Waals surface area contributed by atoms with E-state index in [4.69, 9.17) is 0 Å². The van der Waals surface area contributed by atoms with Crippen LogP contribution in [0.25, 0.3) is 0 Å². The summed E-state index contributed by atoms with van der Waals surface area (Å²) in [6.07, 6.45) is 7.32. The van der Waals surface area contributed by atoms with E-state index in [1.54, 1.807) is 0 Å². The number of hydrogen-bond acceptors (Lipinski definition) is 2. The average Bonchev–Trinajstić information content (AvgIpc) is 2.49. The van der Waals surface area contributed by atoms with Gasteiger partial charge >= 0.3 is 0 Å². The highest BCUT2D eigenvalue weighted by Gasteiger charge is 2.02. The Bertz CT molecular complexity index is 453. The van der Waals surface area contributed by atoms with Crippen LogP contribution in [0.15, 0.2) is 54.9 Å². The quantitative estimate of drug-likeness (QED) is 0.761. The minimum Gasteiger partial charge on any atom is -0.310 e. The molecule has 0 aliphatic rings. The van der Waals surface area contributed by atoms with Crippen LogP contribution in [-0.4, -0.2) is 11.5 Å². The first kappa shape index (κ1) is 13.8. The summed E-state index contributed by atoms with van der Waals surface area (Å²) in [5, 5.41) is 3.56.